The molecule has 0 radical (unpaired) electrons. The number of carbonyl (C=O) groups is 1. The Morgan fingerprint density at radius 3 is 1.96 bits per heavy atom. The first-order valence-corrected chi connectivity index (χ1v) is 12.6. The van der Waals surface area contributed by atoms with Gasteiger partial charge in [-0.3, -0.25) is 4.79 Å². The Bertz CT molecular complexity index is 693. The van der Waals surface area contributed by atoms with Crippen molar-refractivity contribution in [3.05, 3.63) is 52.7 Å². The fraction of sp³-hybridized carbons (Fsp3) is 0.542. The SMILES string of the molecule is CC1=C([Si](C(C)C)(C(C)C)C(C)C)C(=O)N[C@@H](/C=C/c2ccccc2)[C@H]1C. The lowest BCUT2D eigenvalue weighted by atomic mass is 9.90. The Morgan fingerprint density at radius 2 is 1.48 bits per heavy atom. The topological polar surface area (TPSA) is 29.1 Å². The van der Waals surface area contributed by atoms with E-state index in [-0.39, 0.29) is 11.9 Å². The van der Waals surface area contributed by atoms with Crippen LogP contribution >= 0.6 is 0 Å². The van der Waals surface area contributed by atoms with Gasteiger partial charge in [0, 0.05) is 11.1 Å². The summed E-state index contributed by atoms with van der Waals surface area (Å²) in [6.07, 6.45) is 4.28. The van der Waals surface area contributed by atoms with Gasteiger partial charge in [-0.15, -0.1) is 0 Å². The molecule has 0 fully saturated rings. The van der Waals surface area contributed by atoms with Crippen LogP contribution in [-0.2, 0) is 4.79 Å². The Labute approximate surface area is 167 Å². The minimum Gasteiger partial charge on any atom is -0.346 e. The molecule has 1 N–H and O–H groups in total. The molecule has 2 atom stereocenters. The summed E-state index contributed by atoms with van der Waals surface area (Å²) in [5.74, 6) is 0.497. The maximum absolute atomic E-state index is 13.4. The van der Waals surface area contributed by atoms with Crippen LogP contribution in [0.25, 0.3) is 6.08 Å². The van der Waals surface area contributed by atoms with Gasteiger partial charge in [0.1, 0.15) is 8.07 Å². The number of nitrogens with one attached hydrogen (secondary N) is 1. The van der Waals surface area contributed by atoms with Crippen LogP contribution in [0.1, 0.15) is 61.0 Å². The Kier molecular flexibility index (Phi) is 6.91. The van der Waals surface area contributed by atoms with Gasteiger partial charge in [0.2, 0.25) is 5.91 Å². The van der Waals surface area contributed by atoms with Gasteiger partial charge < -0.3 is 5.32 Å². The molecule has 1 aromatic rings. The van der Waals surface area contributed by atoms with Crippen LogP contribution in [0.3, 0.4) is 0 Å². The first kappa shape index (κ1) is 21.7. The van der Waals surface area contributed by atoms with E-state index in [1.165, 1.54) is 16.3 Å². The van der Waals surface area contributed by atoms with Crippen molar-refractivity contribution >= 4 is 20.1 Å². The third-order valence-corrected chi connectivity index (χ3v) is 14.0. The molecule has 27 heavy (non-hydrogen) atoms. The third kappa shape index (κ3) is 3.98. The summed E-state index contributed by atoms with van der Waals surface area (Å²) in [6.45, 7) is 18.4. The highest BCUT2D eigenvalue weighted by Gasteiger charge is 2.51. The molecule has 0 aromatic heterocycles. The van der Waals surface area contributed by atoms with Crippen LogP contribution in [0.4, 0.5) is 0 Å². The predicted molar refractivity (Wildman–Crippen MR) is 120 cm³/mol. The van der Waals surface area contributed by atoms with Crippen LogP contribution in [0.15, 0.2) is 47.2 Å². The van der Waals surface area contributed by atoms with E-state index >= 15 is 0 Å². The van der Waals surface area contributed by atoms with Crippen LogP contribution in [0.2, 0.25) is 16.6 Å². The molecule has 3 heteroatoms. The molecule has 1 aliphatic rings. The molecule has 0 saturated heterocycles. The van der Waals surface area contributed by atoms with Crippen molar-refractivity contribution in [1.82, 2.24) is 5.32 Å². The maximum atomic E-state index is 13.4. The van der Waals surface area contributed by atoms with Gasteiger partial charge in [0.05, 0.1) is 6.04 Å². The number of benzene rings is 1. The lowest BCUT2D eigenvalue weighted by Gasteiger charge is -2.48. The van der Waals surface area contributed by atoms with Crippen LogP contribution in [-0.4, -0.2) is 20.0 Å². The normalized spacial score (nSPS) is 21.7. The average Bonchev–Trinajstić information content (AvgIpc) is 2.60. The van der Waals surface area contributed by atoms with Crippen molar-refractivity contribution in [2.45, 2.75) is 78.1 Å². The monoisotopic (exact) mass is 383 g/mol. The van der Waals surface area contributed by atoms with Gasteiger partial charge in [-0.2, -0.15) is 0 Å². The first-order chi connectivity index (χ1) is 12.6. The van der Waals surface area contributed by atoms with E-state index in [0.29, 0.717) is 22.5 Å². The zero-order valence-electron chi connectivity index (χ0n) is 18.3. The number of carbonyl (C=O) groups excluding carboxylic acids is 1. The molecule has 0 bridgehead atoms. The quantitative estimate of drug-likeness (QED) is 0.568. The Balaban J connectivity index is 2.46. The summed E-state index contributed by atoms with van der Waals surface area (Å²) < 4.78 is 0. The van der Waals surface area contributed by atoms with Gasteiger partial charge >= 0.3 is 0 Å². The number of amides is 1. The van der Waals surface area contributed by atoms with Crippen molar-refractivity contribution in [2.75, 3.05) is 0 Å². The lowest BCUT2D eigenvalue weighted by molar-refractivity contribution is -0.118. The smallest absolute Gasteiger partial charge is 0.243 e. The van der Waals surface area contributed by atoms with Crippen molar-refractivity contribution in [2.24, 2.45) is 5.92 Å². The first-order valence-electron chi connectivity index (χ1n) is 10.4. The molecule has 0 aliphatic carbocycles. The summed E-state index contributed by atoms with van der Waals surface area (Å²) in [6, 6.07) is 10.3. The van der Waals surface area contributed by atoms with Gasteiger partial charge in [-0.05, 0) is 29.1 Å². The second kappa shape index (κ2) is 8.60. The highest BCUT2D eigenvalue weighted by Crippen LogP contribution is 2.49. The molecule has 0 saturated carbocycles. The van der Waals surface area contributed by atoms with Crippen molar-refractivity contribution in [3.63, 3.8) is 0 Å². The summed E-state index contributed by atoms with van der Waals surface area (Å²) in [4.78, 5) is 13.4. The molecule has 148 valence electrons. The Morgan fingerprint density at radius 1 is 0.963 bits per heavy atom. The van der Waals surface area contributed by atoms with Gasteiger partial charge in [-0.1, -0.05) is 96.5 Å². The van der Waals surface area contributed by atoms with Crippen molar-refractivity contribution in [3.8, 4) is 0 Å². The van der Waals surface area contributed by atoms with Crippen molar-refractivity contribution < 1.29 is 4.79 Å². The number of hydrogen-bond donors (Lipinski definition) is 1. The van der Waals surface area contributed by atoms with E-state index < -0.39 is 8.07 Å². The standard InChI is InChI=1S/C24H37NOSi/c1-16(2)27(17(3)4,18(5)6)23-20(8)19(7)22(25-24(23)26)15-14-21-12-10-9-11-13-21/h9-19,22H,1-8H3,(H,25,26)/b15-14+/t19-,22-/m0/s1. The molecular weight excluding hydrogens is 346 g/mol. The van der Waals surface area contributed by atoms with E-state index in [9.17, 15) is 4.79 Å². The molecule has 0 spiro atoms. The van der Waals surface area contributed by atoms with Crippen LogP contribution in [0.5, 0.6) is 0 Å². The molecule has 2 rings (SSSR count). The molecule has 1 aromatic carbocycles. The van der Waals surface area contributed by atoms with E-state index in [2.05, 4.69) is 85.0 Å². The van der Waals surface area contributed by atoms with Gasteiger partial charge in [-0.25, -0.2) is 0 Å². The number of rotatable bonds is 6. The molecule has 2 nitrogen and oxygen atoms in total. The Hall–Kier alpha value is -1.61. The molecular formula is C24H37NOSi. The van der Waals surface area contributed by atoms with E-state index in [1.54, 1.807) is 0 Å². The minimum atomic E-state index is -1.97. The van der Waals surface area contributed by atoms with Crippen LogP contribution in [0, 0.1) is 5.92 Å². The van der Waals surface area contributed by atoms with Gasteiger partial charge in [0.25, 0.3) is 0 Å². The van der Waals surface area contributed by atoms with Crippen molar-refractivity contribution in [1.29, 1.82) is 0 Å². The molecule has 1 heterocycles. The summed E-state index contributed by atoms with van der Waals surface area (Å²) >= 11 is 0. The fourth-order valence-electron chi connectivity index (χ4n) is 5.42. The highest BCUT2D eigenvalue weighted by atomic mass is 28.3. The summed E-state index contributed by atoms with van der Waals surface area (Å²) in [5.41, 5.74) is 4.09. The molecule has 0 unspecified atom stereocenters. The zero-order valence-corrected chi connectivity index (χ0v) is 19.3. The zero-order chi connectivity index (χ0) is 20.4. The van der Waals surface area contributed by atoms with E-state index in [4.69, 9.17) is 0 Å². The summed E-state index contributed by atoms with van der Waals surface area (Å²) in [5, 5.41) is 4.50. The molecule has 1 amide bonds. The largest absolute Gasteiger partial charge is 0.346 e. The third-order valence-electron chi connectivity index (χ3n) is 6.74. The predicted octanol–water partition coefficient (Wildman–Crippen LogP) is 6.37. The van der Waals surface area contributed by atoms with Gasteiger partial charge in [0.15, 0.2) is 0 Å². The second-order valence-corrected chi connectivity index (χ2v) is 14.8. The highest BCUT2D eigenvalue weighted by molar-refractivity contribution is 6.93. The lowest BCUT2D eigenvalue weighted by Crippen LogP contribution is -2.56. The molecule has 1 aliphatic heterocycles. The summed E-state index contributed by atoms with van der Waals surface area (Å²) in [7, 11) is -1.97. The average molecular weight is 384 g/mol. The fourth-order valence-corrected chi connectivity index (χ4v) is 12.5. The maximum Gasteiger partial charge on any atom is 0.243 e. The number of hydrogen-bond acceptors (Lipinski definition) is 1. The second-order valence-electron chi connectivity index (χ2n) is 9.01. The minimum absolute atomic E-state index is 0.0552. The van der Waals surface area contributed by atoms with Crippen LogP contribution < -0.4 is 5.32 Å². The van der Waals surface area contributed by atoms with E-state index in [0.717, 1.165) is 0 Å². The van der Waals surface area contributed by atoms with E-state index in [1.807, 2.05) is 18.2 Å².